The van der Waals surface area contributed by atoms with Gasteiger partial charge < -0.3 is 19.9 Å². The molecular formula is C23H24BrN3O4. The first kappa shape index (κ1) is 21.4. The summed E-state index contributed by atoms with van der Waals surface area (Å²) in [6, 6.07) is 12.5. The van der Waals surface area contributed by atoms with E-state index in [4.69, 9.17) is 4.74 Å². The second-order valence-corrected chi connectivity index (χ2v) is 8.69. The summed E-state index contributed by atoms with van der Waals surface area (Å²) in [5.74, 6) is 0.544. The van der Waals surface area contributed by atoms with Crippen molar-refractivity contribution in [2.45, 2.75) is 32.0 Å². The second kappa shape index (κ2) is 9.09. The molecule has 0 aliphatic carbocycles. The normalized spacial score (nSPS) is 18.2. The molecule has 2 saturated heterocycles. The molecule has 2 heterocycles. The Labute approximate surface area is 189 Å². The van der Waals surface area contributed by atoms with Gasteiger partial charge in [0, 0.05) is 35.2 Å². The maximum atomic E-state index is 12.7. The molecule has 2 aromatic rings. The number of halogens is 1. The molecule has 2 fully saturated rings. The molecule has 0 radical (unpaired) electrons. The van der Waals surface area contributed by atoms with Gasteiger partial charge in [-0.1, -0.05) is 28.1 Å². The monoisotopic (exact) mass is 485 g/mol. The zero-order valence-electron chi connectivity index (χ0n) is 17.3. The third kappa shape index (κ3) is 4.58. The van der Waals surface area contributed by atoms with Crippen LogP contribution in [0.5, 0.6) is 5.75 Å². The van der Waals surface area contributed by atoms with Crippen LogP contribution in [0, 0.1) is 0 Å². The van der Waals surface area contributed by atoms with E-state index in [1.54, 1.807) is 29.0 Å². The van der Waals surface area contributed by atoms with Crippen LogP contribution in [0.15, 0.2) is 46.9 Å². The summed E-state index contributed by atoms with van der Waals surface area (Å²) < 4.78 is 6.25. The maximum absolute atomic E-state index is 12.7. The number of methoxy groups -OCH3 is 1. The quantitative estimate of drug-likeness (QED) is 0.682. The summed E-state index contributed by atoms with van der Waals surface area (Å²) in [4.78, 5) is 40.8. The lowest BCUT2D eigenvalue weighted by atomic mass is 10.1. The Balaban J connectivity index is 1.37. The van der Waals surface area contributed by atoms with Crippen LogP contribution >= 0.6 is 15.9 Å². The smallest absolute Gasteiger partial charge is 0.251 e. The number of carbonyl (C=O) groups excluding carboxylic acids is 3. The lowest BCUT2D eigenvalue weighted by Crippen LogP contribution is -2.56. The van der Waals surface area contributed by atoms with Crippen LogP contribution in [0.4, 0.5) is 0 Å². The standard InChI is InChI=1S/C23H24BrN3O4/c1-31-20-9-8-18(24)11-17(20)12-25-22(29)16-6-4-15(5-7-16)13-26-14-21(28)27-10-2-3-19(27)23(26)30/h4-9,11,19H,2-3,10,12-14H2,1H3,(H,25,29)/t19-/m1/s1. The van der Waals surface area contributed by atoms with Gasteiger partial charge in [-0.25, -0.2) is 0 Å². The summed E-state index contributed by atoms with van der Waals surface area (Å²) >= 11 is 3.43. The SMILES string of the molecule is COc1ccc(Br)cc1CNC(=O)c1ccc(CN2CC(=O)N3CCC[C@@H]3C2=O)cc1. The Morgan fingerprint density at radius 3 is 2.71 bits per heavy atom. The van der Waals surface area contributed by atoms with Gasteiger partial charge in [-0.3, -0.25) is 14.4 Å². The minimum atomic E-state index is -0.304. The van der Waals surface area contributed by atoms with Crippen LogP contribution in [0.1, 0.15) is 34.3 Å². The number of benzene rings is 2. The van der Waals surface area contributed by atoms with Crippen molar-refractivity contribution in [3.05, 3.63) is 63.6 Å². The molecule has 4 rings (SSSR count). The minimum absolute atomic E-state index is 0.0149. The first-order valence-electron chi connectivity index (χ1n) is 10.2. The van der Waals surface area contributed by atoms with Crippen LogP contribution in [-0.4, -0.2) is 53.8 Å². The molecule has 2 aromatic carbocycles. The van der Waals surface area contributed by atoms with E-state index in [1.165, 1.54) is 0 Å². The van der Waals surface area contributed by atoms with Crippen LogP contribution in [0.3, 0.4) is 0 Å². The Morgan fingerprint density at radius 2 is 1.97 bits per heavy atom. The number of nitrogens with one attached hydrogen (secondary N) is 1. The van der Waals surface area contributed by atoms with Crippen molar-refractivity contribution in [1.29, 1.82) is 0 Å². The van der Waals surface area contributed by atoms with E-state index in [2.05, 4.69) is 21.2 Å². The van der Waals surface area contributed by atoms with Gasteiger partial charge in [-0.2, -0.15) is 0 Å². The fourth-order valence-electron chi connectivity index (χ4n) is 4.14. The second-order valence-electron chi connectivity index (χ2n) is 7.78. The Morgan fingerprint density at radius 1 is 1.19 bits per heavy atom. The van der Waals surface area contributed by atoms with E-state index >= 15 is 0 Å². The molecule has 0 aromatic heterocycles. The summed E-state index contributed by atoms with van der Waals surface area (Å²) in [6.07, 6.45) is 1.62. The van der Waals surface area contributed by atoms with Crippen LogP contribution in [0.25, 0.3) is 0 Å². The lowest BCUT2D eigenvalue weighted by molar-refractivity contribution is -0.154. The molecule has 8 heteroatoms. The van der Waals surface area contributed by atoms with Crippen LogP contribution < -0.4 is 10.1 Å². The van der Waals surface area contributed by atoms with E-state index in [0.717, 1.165) is 28.4 Å². The first-order valence-corrected chi connectivity index (χ1v) is 11.0. The van der Waals surface area contributed by atoms with Crippen molar-refractivity contribution in [3.8, 4) is 5.75 Å². The van der Waals surface area contributed by atoms with Gasteiger partial charge in [0.05, 0.1) is 7.11 Å². The van der Waals surface area contributed by atoms with Gasteiger partial charge in [0.15, 0.2) is 0 Å². The largest absolute Gasteiger partial charge is 0.496 e. The van der Waals surface area contributed by atoms with E-state index < -0.39 is 0 Å². The lowest BCUT2D eigenvalue weighted by Gasteiger charge is -2.36. The molecular weight excluding hydrogens is 462 g/mol. The van der Waals surface area contributed by atoms with Gasteiger partial charge in [0.25, 0.3) is 5.91 Å². The Hall–Kier alpha value is -2.87. The number of hydrogen-bond acceptors (Lipinski definition) is 4. The topological polar surface area (TPSA) is 79.0 Å². The van der Waals surface area contributed by atoms with Gasteiger partial charge in [0.2, 0.25) is 11.8 Å². The number of rotatable bonds is 6. The zero-order chi connectivity index (χ0) is 22.0. The van der Waals surface area contributed by atoms with E-state index in [0.29, 0.717) is 30.9 Å². The summed E-state index contributed by atoms with van der Waals surface area (Å²) in [7, 11) is 1.60. The highest BCUT2D eigenvalue weighted by Gasteiger charge is 2.41. The molecule has 1 N–H and O–H groups in total. The van der Waals surface area contributed by atoms with Gasteiger partial charge >= 0.3 is 0 Å². The molecule has 2 aliphatic heterocycles. The van der Waals surface area contributed by atoms with Crippen LogP contribution in [0.2, 0.25) is 0 Å². The fourth-order valence-corrected chi connectivity index (χ4v) is 4.55. The molecule has 3 amide bonds. The van der Waals surface area contributed by atoms with Gasteiger partial charge in [-0.05, 0) is 48.7 Å². The third-order valence-electron chi connectivity index (χ3n) is 5.77. The predicted molar refractivity (Wildman–Crippen MR) is 118 cm³/mol. The van der Waals surface area contributed by atoms with E-state index in [1.807, 2.05) is 30.3 Å². The third-order valence-corrected chi connectivity index (χ3v) is 6.26. The maximum Gasteiger partial charge on any atom is 0.251 e. The fraction of sp³-hybridized carbons (Fsp3) is 0.348. The number of nitrogens with zero attached hydrogens (tertiary/aromatic N) is 2. The Kier molecular flexibility index (Phi) is 6.27. The first-order chi connectivity index (χ1) is 15.0. The molecule has 0 spiro atoms. The zero-order valence-corrected chi connectivity index (χ0v) is 18.9. The number of fused-ring (bicyclic) bond motifs is 1. The average Bonchev–Trinajstić information content (AvgIpc) is 3.27. The van der Waals surface area contributed by atoms with Crippen molar-refractivity contribution in [2.24, 2.45) is 0 Å². The highest BCUT2D eigenvalue weighted by Crippen LogP contribution is 2.25. The van der Waals surface area contributed by atoms with Crippen molar-refractivity contribution >= 4 is 33.7 Å². The number of piperazine rings is 1. The summed E-state index contributed by atoms with van der Waals surface area (Å²) in [5.41, 5.74) is 2.29. The summed E-state index contributed by atoms with van der Waals surface area (Å²) in [6.45, 7) is 1.50. The van der Waals surface area contributed by atoms with Crippen molar-refractivity contribution in [1.82, 2.24) is 15.1 Å². The molecule has 162 valence electrons. The molecule has 31 heavy (non-hydrogen) atoms. The molecule has 0 bridgehead atoms. The molecule has 7 nitrogen and oxygen atoms in total. The molecule has 1 atom stereocenters. The number of ether oxygens (including phenoxy) is 1. The Bertz CT molecular complexity index is 1010. The molecule has 0 saturated carbocycles. The number of carbonyl (C=O) groups is 3. The highest BCUT2D eigenvalue weighted by atomic mass is 79.9. The van der Waals surface area contributed by atoms with E-state index in [-0.39, 0.29) is 30.3 Å². The highest BCUT2D eigenvalue weighted by molar-refractivity contribution is 9.10. The molecule has 2 aliphatic rings. The minimum Gasteiger partial charge on any atom is -0.496 e. The van der Waals surface area contributed by atoms with Crippen molar-refractivity contribution < 1.29 is 19.1 Å². The van der Waals surface area contributed by atoms with Crippen molar-refractivity contribution in [3.63, 3.8) is 0 Å². The van der Waals surface area contributed by atoms with Gasteiger partial charge in [0.1, 0.15) is 18.3 Å². The average molecular weight is 486 g/mol. The molecule has 0 unspecified atom stereocenters. The predicted octanol–water partition coefficient (Wildman–Crippen LogP) is 2.72. The van der Waals surface area contributed by atoms with E-state index in [9.17, 15) is 14.4 Å². The number of hydrogen-bond donors (Lipinski definition) is 1. The van der Waals surface area contributed by atoms with Crippen molar-refractivity contribution in [2.75, 3.05) is 20.2 Å². The number of amides is 3. The van der Waals surface area contributed by atoms with Crippen LogP contribution in [-0.2, 0) is 22.7 Å². The van der Waals surface area contributed by atoms with Gasteiger partial charge in [-0.15, -0.1) is 0 Å². The summed E-state index contributed by atoms with van der Waals surface area (Å²) in [5, 5.41) is 2.90.